The van der Waals surface area contributed by atoms with Crippen LogP contribution in [0.2, 0.25) is 0 Å². The standard InChI is InChI=1S/C27H45O/c1-7-8-9-12-21(2)13-10-14-22(3)15-11-19-27(6)20-18-25-17-16-23(4)24(5)26(25)28-27/h7,13,15,17,23-24,26H,8-12,14,16,18-20H2,1-6H3/q-1/b21-13+,22-15+. The highest BCUT2D eigenvalue weighted by atomic mass is 16.5. The van der Waals surface area contributed by atoms with E-state index in [1.165, 1.54) is 56.9 Å². The van der Waals surface area contributed by atoms with Gasteiger partial charge in [0.2, 0.25) is 0 Å². The third-order valence-corrected chi connectivity index (χ3v) is 7.11. The topological polar surface area (TPSA) is 9.23 Å². The quantitative estimate of drug-likeness (QED) is 0.208. The number of hydrogen-bond acceptors (Lipinski definition) is 1. The van der Waals surface area contributed by atoms with Crippen LogP contribution in [-0.2, 0) is 4.74 Å². The third kappa shape index (κ3) is 7.21. The normalized spacial score (nSPS) is 31.5. The zero-order valence-corrected chi connectivity index (χ0v) is 19.5. The molecule has 4 unspecified atom stereocenters. The van der Waals surface area contributed by atoms with Gasteiger partial charge in [-0.3, -0.25) is 0 Å². The van der Waals surface area contributed by atoms with Crippen molar-refractivity contribution in [2.75, 3.05) is 0 Å². The Morgan fingerprint density at radius 1 is 1.18 bits per heavy atom. The zero-order chi connectivity index (χ0) is 20.6. The fraction of sp³-hybridized carbons (Fsp3) is 0.741. The van der Waals surface area contributed by atoms with Crippen LogP contribution in [0.5, 0.6) is 0 Å². The highest BCUT2D eigenvalue weighted by Crippen LogP contribution is 2.43. The van der Waals surface area contributed by atoms with E-state index in [4.69, 9.17) is 4.74 Å². The van der Waals surface area contributed by atoms with Crippen LogP contribution in [0.4, 0.5) is 0 Å². The van der Waals surface area contributed by atoms with E-state index >= 15 is 0 Å². The van der Waals surface area contributed by atoms with Crippen LogP contribution < -0.4 is 0 Å². The second kappa shape index (κ2) is 11.4. The maximum atomic E-state index is 6.69. The van der Waals surface area contributed by atoms with E-state index in [0.29, 0.717) is 12.0 Å². The van der Waals surface area contributed by atoms with Crippen LogP contribution >= 0.6 is 0 Å². The minimum Gasteiger partial charge on any atom is -0.367 e. The average Bonchev–Trinajstić information content (AvgIpc) is 2.65. The lowest BCUT2D eigenvalue weighted by Crippen LogP contribution is -2.44. The molecule has 160 valence electrons. The highest BCUT2D eigenvalue weighted by Gasteiger charge is 2.40. The van der Waals surface area contributed by atoms with E-state index in [9.17, 15) is 0 Å². The summed E-state index contributed by atoms with van der Waals surface area (Å²) >= 11 is 0. The monoisotopic (exact) mass is 385 g/mol. The molecule has 0 bridgehead atoms. The van der Waals surface area contributed by atoms with Crippen LogP contribution in [0.25, 0.3) is 0 Å². The molecule has 1 saturated heterocycles. The molecule has 1 aliphatic carbocycles. The van der Waals surface area contributed by atoms with Gasteiger partial charge in [-0.1, -0.05) is 49.6 Å². The van der Waals surface area contributed by atoms with Crippen molar-refractivity contribution < 1.29 is 4.74 Å². The molecule has 28 heavy (non-hydrogen) atoms. The van der Waals surface area contributed by atoms with Gasteiger partial charge in [-0.15, -0.1) is 0 Å². The summed E-state index contributed by atoms with van der Waals surface area (Å²) in [6.45, 7) is 13.8. The summed E-state index contributed by atoms with van der Waals surface area (Å²) < 4.78 is 6.69. The maximum absolute atomic E-state index is 6.69. The van der Waals surface area contributed by atoms with Crippen molar-refractivity contribution in [3.8, 4) is 0 Å². The molecular weight excluding hydrogens is 340 g/mol. The number of ether oxygens (including phenoxy) is 1. The Hall–Kier alpha value is -0.820. The summed E-state index contributed by atoms with van der Waals surface area (Å²) in [7, 11) is 0. The first-order valence-corrected chi connectivity index (χ1v) is 11.8. The summed E-state index contributed by atoms with van der Waals surface area (Å²) in [5.41, 5.74) is 4.72. The molecular formula is C27H45O-. The summed E-state index contributed by atoms with van der Waals surface area (Å²) in [5, 5.41) is 0. The van der Waals surface area contributed by atoms with E-state index in [1.54, 1.807) is 11.1 Å². The second-order valence-electron chi connectivity index (χ2n) is 9.82. The molecule has 0 radical (unpaired) electrons. The fourth-order valence-corrected chi connectivity index (χ4v) is 4.65. The lowest BCUT2D eigenvalue weighted by atomic mass is 9.74. The third-order valence-electron chi connectivity index (χ3n) is 7.11. The summed E-state index contributed by atoms with van der Waals surface area (Å²) in [4.78, 5) is 0. The fourth-order valence-electron chi connectivity index (χ4n) is 4.65. The smallest absolute Gasteiger partial charge is 0.0820 e. The van der Waals surface area contributed by atoms with Crippen LogP contribution in [0, 0.1) is 18.3 Å². The number of rotatable bonds is 10. The van der Waals surface area contributed by atoms with Crippen LogP contribution in [0.3, 0.4) is 0 Å². The van der Waals surface area contributed by atoms with Crippen molar-refractivity contribution in [3.63, 3.8) is 0 Å². The first-order chi connectivity index (χ1) is 13.3. The van der Waals surface area contributed by atoms with Crippen molar-refractivity contribution in [3.05, 3.63) is 41.4 Å². The highest BCUT2D eigenvalue weighted by molar-refractivity contribution is 5.18. The minimum atomic E-state index is 0.0525. The van der Waals surface area contributed by atoms with E-state index in [0.717, 1.165) is 18.8 Å². The Balaban J connectivity index is 1.74. The molecule has 2 aliphatic rings. The van der Waals surface area contributed by atoms with Gasteiger partial charge in [-0.2, -0.15) is 13.3 Å². The Bertz CT molecular complexity index is 567. The van der Waals surface area contributed by atoms with E-state index in [1.807, 2.05) is 0 Å². The van der Waals surface area contributed by atoms with E-state index < -0.39 is 0 Å². The predicted molar refractivity (Wildman–Crippen MR) is 123 cm³/mol. The van der Waals surface area contributed by atoms with Gasteiger partial charge in [-0.05, 0) is 89.5 Å². The molecule has 1 heteroatoms. The molecule has 0 amide bonds. The van der Waals surface area contributed by atoms with Crippen molar-refractivity contribution in [2.45, 2.75) is 117 Å². The first-order valence-electron chi connectivity index (χ1n) is 11.8. The zero-order valence-electron chi connectivity index (χ0n) is 19.5. The van der Waals surface area contributed by atoms with Gasteiger partial charge in [0, 0.05) is 0 Å². The molecule has 2 rings (SSSR count). The molecule has 0 N–H and O–H groups in total. The van der Waals surface area contributed by atoms with Crippen LogP contribution in [0.1, 0.15) is 106 Å². The molecule has 1 fully saturated rings. The van der Waals surface area contributed by atoms with E-state index in [2.05, 4.69) is 66.2 Å². The van der Waals surface area contributed by atoms with Gasteiger partial charge in [0.15, 0.2) is 0 Å². The van der Waals surface area contributed by atoms with Gasteiger partial charge >= 0.3 is 0 Å². The Kier molecular flexibility index (Phi) is 9.54. The van der Waals surface area contributed by atoms with Gasteiger partial charge in [0.1, 0.15) is 0 Å². The second-order valence-corrected chi connectivity index (χ2v) is 9.82. The van der Waals surface area contributed by atoms with Gasteiger partial charge in [0.05, 0.1) is 11.7 Å². The molecule has 1 aliphatic heterocycles. The number of unbranched alkanes of at least 4 members (excludes halogenated alkanes) is 2. The van der Waals surface area contributed by atoms with Crippen molar-refractivity contribution in [1.29, 1.82) is 0 Å². The Labute approximate surface area is 175 Å². The molecule has 0 saturated carbocycles. The van der Waals surface area contributed by atoms with Crippen LogP contribution in [-0.4, -0.2) is 11.7 Å². The molecule has 4 atom stereocenters. The molecule has 0 aromatic rings. The summed E-state index contributed by atoms with van der Waals surface area (Å²) in [5.74, 6) is 1.40. The maximum Gasteiger partial charge on any atom is 0.0820 e. The molecule has 0 aromatic carbocycles. The van der Waals surface area contributed by atoms with Crippen molar-refractivity contribution >= 4 is 0 Å². The number of allylic oxidation sites excluding steroid dienone is 5. The predicted octanol–water partition coefficient (Wildman–Crippen LogP) is 8.37. The van der Waals surface area contributed by atoms with Crippen molar-refractivity contribution in [1.82, 2.24) is 0 Å². The van der Waals surface area contributed by atoms with Gasteiger partial charge < -0.3 is 11.2 Å². The molecule has 0 aromatic heterocycles. The Morgan fingerprint density at radius 2 is 1.89 bits per heavy atom. The largest absolute Gasteiger partial charge is 0.367 e. The minimum absolute atomic E-state index is 0.0525. The summed E-state index contributed by atoms with van der Waals surface area (Å²) in [6, 6.07) is 0. The lowest BCUT2D eigenvalue weighted by molar-refractivity contribution is -0.123. The van der Waals surface area contributed by atoms with Crippen molar-refractivity contribution in [2.24, 2.45) is 11.8 Å². The van der Waals surface area contributed by atoms with Gasteiger partial charge in [-0.25, -0.2) is 0 Å². The SMILES string of the molecule is C[CH-]CCC/C(C)=C/CC/C(C)=C/CCC1(C)CCC2=CCC(C)C(C)C2O1. The molecule has 1 nitrogen and oxygen atoms in total. The summed E-state index contributed by atoms with van der Waals surface area (Å²) in [6.07, 6.45) is 22.1. The number of fused-ring (bicyclic) bond motifs is 1. The first kappa shape index (κ1) is 23.5. The molecule has 0 spiro atoms. The lowest BCUT2D eigenvalue weighted by Gasteiger charge is -2.46. The van der Waals surface area contributed by atoms with Crippen LogP contribution in [0.15, 0.2) is 34.9 Å². The van der Waals surface area contributed by atoms with E-state index in [-0.39, 0.29) is 5.60 Å². The molecule has 1 heterocycles. The average molecular weight is 386 g/mol. The number of hydrogen-bond donors (Lipinski definition) is 0. The Morgan fingerprint density at radius 3 is 2.64 bits per heavy atom. The van der Waals surface area contributed by atoms with Gasteiger partial charge in [0.25, 0.3) is 0 Å².